The molecular formula is C29H32N2O3S. The van der Waals surface area contributed by atoms with Crippen molar-refractivity contribution in [1.29, 1.82) is 0 Å². The molecule has 3 aromatic rings. The van der Waals surface area contributed by atoms with Gasteiger partial charge in [-0.25, -0.2) is 0 Å². The highest BCUT2D eigenvalue weighted by Crippen LogP contribution is 2.27. The van der Waals surface area contributed by atoms with E-state index in [0.29, 0.717) is 11.7 Å². The topological polar surface area (TPSA) is 58.6 Å². The molecule has 3 aromatic carbocycles. The van der Waals surface area contributed by atoms with Gasteiger partial charge in [-0.1, -0.05) is 48.5 Å². The first-order valence-electron chi connectivity index (χ1n) is 12.1. The monoisotopic (exact) mass is 488 g/mol. The second-order valence-corrected chi connectivity index (χ2v) is 10.0. The number of amides is 2. The molecule has 4 rings (SSSR count). The molecular weight excluding hydrogens is 456 g/mol. The van der Waals surface area contributed by atoms with Crippen LogP contribution in [0.2, 0.25) is 0 Å². The van der Waals surface area contributed by atoms with E-state index in [0.717, 1.165) is 48.7 Å². The molecule has 0 radical (unpaired) electrons. The highest BCUT2D eigenvalue weighted by Gasteiger charge is 2.29. The summed E-state index contributed by atoms with van der Waals surface area (Å²) in [5.74, 6) is 2.45. The second-order valence-electron chi connectivity index (χ2n) is 8.91. The van der Waals surface area contributed by atoms with E-state index in [4.69, 9.17) is 4.74 Å². The fourth-order valence-electron chi connectivity index (χ4n) is 4.35. The Morgan fingerprint density at radius 3 is 2.14 bits per heavy atom. The van der Waals surface area contributed by atoms with Gasteiger partial charge in [-0.15, -0.1) is 11.8 Å². The van der Waals surface area contributed by atoms with Gasteiger partial charge in [0, 0.05) is 30.7 Å². The predicted octanol–water partition coefficient (Wildman–Crippen LogP) is 5.56. The van der Waals surface area contributed by atoms with Crippen molar-refractivity contribution in [3.05, 3.63) is 90.5 Å². The van der Waals surface area contributed by atoms with Crippen molar-refractivity contribution < 1.29 is 14.3 Å². The largest absolute Gasteiger partial charge is 0.457 e. The molecule has 1 saturated heterocycles. The van der Waals surface area contributed by atoms with Crippen LogP contribution >= 0.6 is 11.8 Å². The molecule has 1 N–H and O–H groups in total. The van der Waals surface area contributed by atoms with E-state index in [2.05, 4.69) is 29.6 Å². The Morgan fingerprint density at radius 2 is 1.51 bits per heavy atom. The Balaban J connectivity index is 1.29. The molecule has 1 fully saturated rings. The molecule has 2 amide bonds. The molecule has 1 heterocycles. The molecule has 1 aliphatic heterocycles. The van der Waals surface area contributed by atoms with Gasteiger partial charge in [0.2, 0.25) is 11.8 Å². The second kappa shape index (κ2) is 12.5. The molecule has 0 saturated carbocycles. The molecule has 0 aromatic heterocycles. The van der Waals surface area contributed by atoms with Crippen molar-refractivity contribution in [3.8, 4) is 11.5 Å². The van der Waals surface area contributed by atoms with Crippen LogP contribution in [0.15, 0.2) is 89.8 Å². The molecule has 6 heteroatoms. The maximum atomic E-state index is 13.3. The van der Waals surface area contributed by atoms with Gasteiger partial charge in [-0.3, -0.25) is 9.59 Å². The Morgan fingerprint density at radius 1 is 0.914 bits per heavy atom. The highest BCUT2D eigenvalue weighted by atomic mass is 32.2. The minimum atomic E-state index is -0.539. The van der Waals surface area contributed by atoms with Gasteiger partial charge in [-0.05, 0) is 67.1 Å². The van der Waals surface area contributed by atoms with Gasteiger partial charge in [0.05, 0.1) is 0 Å². The average Bonchev–Trinajstić information content (AvgIpc) is 2.88. The normalized spacial score (nSPS) is 14.8. The maximum Gasteiger partial charge on any atom is 0.246 e. The van der Waals surface area contributed by atoms with E-state index >= 15 is 0 Å². The van der Waals surface area contributed by atoms with Gasteiger partial charge in [0.15, 0.2) is 0 Å². The maximum absolute atomic E-state index is 13.3. The van der Waals surface area contributed by atoms with Crippen LogP contribution in [-0.2, 0) is 16.0 Å². The van der Waals surface area contributed by atoms with E-state index in [1.54, 1.807) is 11.8 Å². The number of hydrogen-bond donors (Lipinski definition) is 1. The number of rotatable bonds is 9. The fraction of sp³-hybridized carbons (Fsp3) is 0.310. The van der Waals surface area contributed by atoms with Gasteiger partial charge in [-0.2, -0.15) is 0 Å². The number of para-hydroxylation sites is 1. The average molecular weight is 489 g/mol. The zero-order valence-electron chi connectivity index (χ0n) is 20.1. The van der Waals surface area contributed by atoms with Crippen LogP contribution in [0.5, 0.6) is 11.5 Å². The lowest BCUT2D eigenvalue weighted by atomic mass is 9.90. The van der Waals surface area contributed by atoms with E-state index in [9.17, 15) is 9.59 Å². The number of nitrogens with one attached hydrogen (secondary N) is 1. The smallest absolute Gasteiger partial charge is 0.246 e. The summed E-state index contributed by atoms with van der Waals surface area (Å²) in [6, 6.07) is 27.4. The number of likely N-dealkylation sites (tertiary alicyclic amines) is 1. The van der Waals surface area contributed by atoms with Gasteiger partial charge in [0.25, 0.3) is 0 Å². The summed E-state index contributed by atoms with van der Waals surface area (Å²) in [5.41, 5.74) is 1.35. The zero-order valence-corrected chi connectivity index (χ0v) is 20.9. The molecule has 5 nitrogen and oxygen atoms in total. The number of ether oxygens (including phenoxy) is 1. The summed E-state index contributed by atoms with van der Waals surface area (Å²) in [6.45, 7) is 2.94. The molecule has 0 spiro atoms. The molecule has 0 bridgehead atoms. The summed E-state index contributed by atoms with van der Waals surface area (Å²) in [7, 11) is 0. The molecule has 182 valence electrons. The number of hydrogen-bond acceptors (Lipinski definition) is 4. The van der Waals surface area contributed by atoms with Crippen LogP contribution < -0.4 is 10.1 Å². The van der Waals surface area contributed by atoms with Crippen molar-refractivity contribution in [1.82, 2.24) is 10.2 Å². The first kappa shape index (κ1) is 24.9. The minimum absolute atomic E-state index is 0.00916. The third kappa shape index (κ3) is 7.62. The Hall–Kier alpha value is -3.25. The Kier molecular flexibility index (Phi) is 8.85. The zero-order chi connectivity index (χ0) is 24.5. The summed E-state index contributed by atoms with van der Waals surface area (Å²) in [6.07, 6.45) is 3.03. The standard InChI is InChI=1S/C29H32N2O3S/c1-22(32)30-28(21-35-27-14-12-26(13-15-27)34-25-10-6-3-7-11-25)29(33)31-18-16-24(17-19-31)20-23-8-4-2-5-9-23/h2-15,24,28H,16-21H2,1H3,(H,30,32). The number of thioether (sulfide) groups is 1. The number of carbonyl (C=O) groups is 2. The van der Waals surface area contributed by atoms with Crippen LogP contribution in [0.1, 0.15) is 25.3 Å². The van der Waals surface area contributed by atoms with Crippen molar-refractivity contribution in [2.45, 2.75) is 37.1 Å². The van der Waals surface area contributed by atoms with Gasteiger partial charge >= 0.3 is 0 Å². The number of piperidine rings is 1. The van der Waals surface area contributed by atoms with Crippen LogP contribution in [-0.4, -0.2) is 41.6 Å². The van der Waals surface area contributed by atoms with Crippen LogP contribution in [0.3, 0.4) is 0 Å². The molecule has 1 unspecified atom stereocenters. The first-order chi connectivity index (χ1) is 17.1. The lowest BCUT2D eigenvalue weighted by Crippen LogP contribution is -2.51. The van der Waals surface area contributed by atoms with Crippen LogP contribution in [0, 0.1) is 5.92 Å². The number of benzene rings is 3. The first-order valence-corrected chi connectivity index (χ1v) is 13.1. The van der Waals surface area contributed by atoms with Crippen LogP contribution in [0.4, 0.5) is 0 Å². The molecule has 35 heavy (non-hydrogen) atoms. The van der Waals surface area contributed by atoms with Gasteiger partial charge in [0.1, 0.15) is 17.5 Å². The Bertz CT molecular complexity index is 1080. The highest BCUT2D eigenvalue weighted by molar-refractivity contribution is 7.99. The van der Waals surface area contributed by atoms with E-state index in [-0.39, 0.29) is 11.8 Å². The lowest BCUT2D eigenvalue weighted by Gasteiger charge is -2.34. The van der Waals surface area contributed by atoms with Crippen molar-refractivity contribution in [2.24, 2.45) is 5.92 Å². The van der Waals surface area contributed by atoms with E-state index < -0.39 is 6.04 Å². The van der Waals surface area contributed by atoms with Crippen LogP contribution in [0.25, 0.3) is 0 Å². The summed E-state index contributed by atoms with van der Waals surface area (Å²) in [4.78, 5) is 28.0. The summed E-state index contributed by atoms with van der Waals surface area (Å²) >= 11 is 1.56. The number of carbonyl (C=O) groups excluding carboxylic acids is 2. The van der Waals surface area contributed by atoms with Gasteiger partial charge < -0.3 is 15.0 Å². The summed E-state index contributed by atoms with van der Waals surface area (Å²) < 4.78 is 5.85. The predicted molar refractivity (Wildman–Crippen MR) is 141 cm³/mol. The fourth-order valence-corrected chi connectivity index (χ4v) is 5.27. The minimum Gasteiger partial charge on any atom is -0.457 e. The summed E-state index contributed by atoms with van der Waals surface area (Å²) in [5, 5.41) is 2.87. The van der Waals surface area contributed by atoms with Crippen molar-refractivity contribution in [2.75, 3.05) is 18.8 Å². The quantitative estimate of drug-likeness (QED) is 0.401. The third-order valence-corrected chi connectivity index (χ3v) is 7.29. The van der Waals surface area contributed by atoms with E-state index in [1.807, 2.05) is 65.6 Å². The molecule has 1 aliphatic rings. The van der Waals surface area contributed by atoms with Crippen molar-refractivity contribution >= 4 is 23.6 Å². The molecule has 0 aliphatic carbocycles. The third-order valence-electron chi connectivity index (χ3n) is 6.19. The lowest BCUT2D eigenvalue weighted by molar-refractivity contribution is -0.136. The number of nitrogens with zero attached hydrogens (tertiary/aromatic N) is 1. The van der Waals surface area contributed by atoms with Crippen molar-refractivity contribution in [3.63, 3.8) is 0 Å². The molecule has 1 atom stereocenters. The Labute approximate surface area is 211 Å². The SMILES string of the molecule is CC(=O)NC(CSc1ccc(Oc2ccccc2)cc1)C(=O)N1CCC(Cc2ccccc2)CC1. The van der Waals surface area contributed by atoms with E-state index in [1.165, 1.54) is 12.5 Å².